The van der Waals surface area contributed by atoms with E-state index in [1.165, 1.54) is 4.31 Å². The number of urea groups is 1. The van der Waals surface area contributed by atoms with E-state index in [1.54, 1.807) is 5.01 Å². The molecule has 2 amide bonds. The van der Waals surface area contributed by atoms with E-state index in [-0.39, 0.29) is 11.8 Å². The normalized spacial score (nSPS) is 12.2. The first-order chi connectivity index (χ1) is 21.5. The summed E-state index contributed by atoms with van der Waals surface area (Å²) in [6.45, 7) is 19.6. The number of carbonyl (C=O) groups is 1. The number of nitrogens with zero attached hydrogens (tertiary/aromatic N) is 3. The number of hydrogen-bond donors (Lipinski definition) is 1. The molecule has 0 aromatic heterocycles. The van der Waals surface area contributed by atoms with Crippen molar-refractivity contribution in [2.24, 2.45) is 0 Å². The first-order valence-corrected chi connectivity index (χ1v) is 20.0. The minimum absolute atomic E-state index is 0.168. The van der Waals surface area contributed by atoms with Gasteiger partial charge in [0.1, 0.15) is 0 Å². The highest BCUT2D eigenvalue weighted by atomic mass is 32.2. The van der Waals surface area contributed by atoms with Gasteiger partial charge in [0.25, 0.3) is 0 Å². The van der Waals surface area contributed by atoms with Crippen molar-refractivity contribution < 1.29 is 13.2 Å². The van der Waals surface area contributed by atoms with Gasteiger partial charge in [-0.05, 0) is 48.6 Å². The van der Waals surface area contributed by atoms with Gasteiger partial charge in [0.2, 0.25) is 0 Å². The van der Waals surface area contributed by atoms with Gasteiger partial charge in [0.15, 0.2) is 0 Å². The van der Waals surface area contributed by atoms with E-state index in [9.17, 15) is 13.2 Å². The maximum Gasteiger partial charge on any atom is 0.351 e. The molecule has 0 spiro atoms. The minimum Gasteiger partial charge on any atom is -0.246 e. The maximum absolute atomic E-state index is 14.6. The summed E-state index contributed by atoms with van der Waals surface area (Å²) in [4.78, 5) is 14.6. The van der Waals surface area contributed by atoms with E-state index in [2.05, 4.69) is 83.3 Å². The summed E-state index contributed by atoms with van der Waals surface area (Å²) in [6, 6.07) is 5.70. The van der Waals surface area contributed by atoms with Gasteiger partial charge in [-0.2, -0.15) is 12.7 Å². The smallest absolute Gasteiger partial charge is 0.246 e. The Bertz CT molecular complexity index is 978. The molecule has 0 saturated carbocycles. The molecule has 0 radical (unpaired) electrons. The summed E-state index contributed by atoms with van der Waals surface area (Å²) in [5, 5.41) is 3.88. The second kappa shape index (κ2) is 23.6. The van der Waals surface area contributed by atoms with Gasteiger partial charge in [0.05, 0.1) is 5.69 Å². The first kappa shape index (κ1) is 41.4. The van der Waals surface area contributed by atoms with Crippen LogP contribution in [0, 0.1) is 0 Å². The summed E-state index contributed by atoms with van der Waals surface area (Å²) < 4.78 is 32.1. The summed E-state index contributed by atoms with van der Waals surface area (Å²) in [7, 11) is -4.04. The molecule has 0 fully saturated rings. The molecule has 0 aliphatic carbocycles. The number of nitrogens with one attached hydrogen (secondary N) is 1. The quantitative estimate of drug-likeness (QED) is 0.0800. The fraction of sp³-hybridized carbons (Fsp3) is 0.811. The Labute approximate surface area is 279 Å². The van der Waals surface area contributed by atoms with Crippen molar-refractivity contribution >= 4 is 21.9 Å². The number of rotatable bonds is 26. The van der Waals surface area contributed by atoms with Gasteiger partial charge in [0, 0.05) is 26.2 Å². The molecule has 1 aromatic carbocycles. The van der Waals surface area contributed by atoms with E-state index in [1.807, 2.05) is 0 Å². The molecular formula is C37H70N4O3S. The second-order valence-electron chi connectivity index (χ2n) is 13.4. The number of unbranched alkanes of at least 4 members (excludes halogenated alkanes) is 12. The number of amides is 2. The van der Waals surface area contributed by atoms with Gasteiger partial charge >= 0.3 is 16.2 Å². The van der Waals surface area contributed by atoms with Gasteiger partial charge in [-0.25, -0.2) is 19.5 Å². The van der Waals surface area contributed by atoms with Crippen LogP contribution in [0.15, 0.2) is 18.2 Å². The Morgan fingerprint density at radius 1 is 0.622 bits per heavy atom. The average Bonchev–Trinajstić information content (AvgIpc) is 2.99. The zero-order valence-corrected chi connectivity index (χ0v) is 31.3. The summed E-state index contributed by atoms with van der Waals surface area (Å²) in [5.41, 5.74) is 2.98. The number of anilines is 1. The zero-order chi connectivity index (χ0) is 33.7. The van der Waals surface area contributed by atoms with Crippen LogP contribution in [-0.4, -0.2) is 49.9 Å². The molecule has 0 aliphatic rings. The van der Waals surface area contributed by atoms with Crippen molar-refractivity contribution in [3.05, 3.63) is 29.3 Å². The molecule has 1 N–H and O–H groups in total. The third-order valence-corrected chi connectivity index (χ3v) is 10.1. The standard InChI is InChI=1S/C37H70N4O3S/c1-9-13-17-21-28-39(29-22-18-14-10-2)41(36-34(32(5)6)26-25-27-35(36)33(7)8)37(42)38-45(43,44)40(30-23-19-15-11-3)31-24-20-16-12-4/h25-27,32-33H,9-24,28-31H2,1-8H3,(H,38,42). The Morgan fingerprint density at radius 3 is 1.36 bits per heavy atom. The topological polar surface area (TPSA) is 73.0 Å². The SMILES string of the molecule is CCCCCCN(CCCCCC)N(C(=O)NS(=O)(=O)N(CCCCCC)CCCCCC)c1c(C(C)C)cccc1C(C)C. The zero-order valence-electron chi connectivity index (χ0n) is 30.5. The summed E-state index contributed by atoms with van der Waals surface area (Å²) >= 11 is 0. The van der Waals surface area contributed by atoms with Crippen LogP contribution in [0.25, 0.3) is 0 Å². The lowest BCUT2D eigenvalue weighted by Crippen LogP contribution is -2.56. The molecule has 7 nitrogen and oxygen atoms in total. The molecule has 1 aromatic rings. The third-order valence-electron chi connectivity index (χ3n) is 8.65. The van der Waals surface area contributed by atoms with Gasteiger partial charge < -0.3 is 0 Å². The van der Waals surface area contributed by atoms with Crippen molar-refractivity contribution in [3.8, 4) is 0 Å². The van der Waals surface area contributed by atoms with E-state index in [0.29, 0.717) is 26.2 Å². The maximum atomic E-state index is 14.6. The van der Waals surface area contributed by atoms with Gasteiger partial charge in [-0.3, -0.25) is 0 Å². The molecule has 45 heavy (non-hydrogen) atoms. The molecule has 0 atom stereocenters. The molecule has 0 unspecified atom stereocenters. The van der Waals surface area contributed by atoms with E-state index in [4.69, 9.17) is 0 Å². The van der Waals surface area contributed by atoms with Crippen LogP contribution in [0.1, 0.15) is 181 Å². The summed E-state index contributed by atoms with van der Waals surface area (Å²) in [5.74, 6) is 0.336. The number of benzene rings is 1. The average molecular weight is 651 g/mol. The van der Waals surface area contributed by atoms with Crippen LogP contribution in [0.5, 0.6) is 0 Å². The monoisotopic (exact) mass is 651 g/mol. The lowest BCUT2D eigenvalue weighted by Gasteiger charge is -2.38. The van der Waals surface area contributed by atoms with Crippen molar-refractivity contribution in [2.75, 3.05) is 31.2 Å². The number of carbonyl (C=O) groups excluding carboxylic acids is 1. The largest absolute Gasteiger partial charge is 0.351 e. The molecule has 0 aliphatic heterocycles. The Kier molecular flexibility index (Phi) is 21.7. The van der Waals surface area contributed by atoms with Crippen LogP contribution >= 0.6 is 0 Å². The summed E-state index contributed by atoms with van der Waals surface area (Å²) in [6.07, 6.45) is 16.6. The lowest BCUT2D eigenvalue weighted by atomic mass is 9.92. The Hall–Kier alpha value is -1.64. The van der Waals surface area contributed by atoms with Crippen molar-refractivity contribution in [1.82, 2.24) is 14.0 Å². The number of hydrazine groups is 1. The predicted molar refractivity (Wildman–Crippen MR) is 194 cm³/mol. The van der Waals surface area contributed by atoms with Crippen LogP contribution in [0.2, 0.25) is 0 Å². The first-order valence-electron chi connectivity index (χ1n) is 18.5. The van der Waals surface area contributed by atoms with Crippen molar-refractivity contribution in [3.63, 3.8) is 0 Å². The molecule has 262 valence electrons. The predicted octanol–water partition coefficient (Wildman–Crippen LogP) is 10.5. The third kappa shape index (κ3) is 15.2. The fourth-order valence-corrected chi connectivity index (χ4v) is 7.06. The van der Waals surface area contributed by atoms with Crippen molar-refractivity contribution in [1.29, 1.82) is 0 Å². The molecule has 8 heteroatoms. The van der Waals surface area contributed by atoms with Gasteiger partial charge in [-0.1, -0.05) is 151 Å². The van der Waals surface area contributed by atoms with Gasteiger partial charge in [-0.15, -0.1) is 0 Å². The van der Waals surface area contributed by atoms with Crippen LogP contribution in [-0.2, 0) is 10.2 Å². The highest BCUT2D eigenvalue weighted by molar-refractivity contribution is 7.87. The Balaban J connectivity index is 3.62. The molecule has 0 saturated heterocycles. The molecule has 0 heterocycles. The highest BCUT2D eigenvalue weighted by Gasteiger charge is 2.33. The fourth-order valence-electron chi connectivity index (χ4n) is 5.88. The Morgan fingerprint density at radius 2 is 1.00 bits per heavy atom. The van der Waals surface area contributed by atoms with Crippen LogP contribution in [0.3, 0.4) is 0 Å². The second-order valence-corrected chi connectivity index (χ2v) is 15.1. The molecule has 0 bridgehead atoms. The van der Waals surface area contributed by atoms with E-state index in [0.717, 1.165) is 120 Å². The number of hydrogen-bond acceptors (Lipinski definition) is 4. The number of para-hydroxylation sites is 1. The van der Waals surface area contributed by atoms with Crippen molar-refractivity contribution in [2.45, 2.75) is 170 Å². The molecular weight excluding hydrogens is 580 g/mol. The minimum atomic E-state index is -4.04. The van der Waals surface area contributed by atoms with Crippen LogP contribution in [0.4, 0.5) is 10.5 Å². The van der Waals surface area contributed by atoms with Crippen LogP contribution < -0.4 is 9.73 Å². The van der Waals surface area contributed by atoms with E-state index >= 15 is 0 Å². The van der Waals surface area contributed by atoms with E-state index < -0.39 is 16.2 Å². The molecule has 1 rings (SSSR count). The lowest BCUT2D eigenvalue weighted by molar-refractivity contribution is 0.208. The highest BCUT2D eigenvalue weighted by Crippen LogP contribution is 2.36.